The molecule has 10 aromatic carbocycles. The van der Waals surface area contributed by atoms with Gasteiger partial charge >= 0.3 is 51.4 Å². The molecule has 0 fully saturated rings. The van der Waals surface area contributed by atoms with E-state index in [2.05, 4.69) is 66.0 Å². The first-order valence-corrected chi connectivity index (χ1v) is 22.1. The summed E-state index contributed by atoms with van der Waals surface area (Å²) >= 11 is 0. The number of hydrogen-bond acceptors (Lipinski definition) is 11. The number of para-hydroxylation sites is 2. The van der Waals surface area contributed by atoms with Crippen LogP contribution in [0.2, 0.25) is 0 Å². The van der Waals surface area contributed by atoms with Crippen molar-refractivity contribution in [3.8, 4) is 0 Å². The van der Waals surface area contributed by atoms with Gasteiger partial charge in [-0.15, -0.1) is 5.60 Å². The van der Waals surface area contributed by atoms with Crippen molar-refractivity contribution in [3.63, 3.8) is 0 Å². The molecule has 0 radical (unpaired) electrons. The van der Waals surface area contributed by atoms with Crippen LogP contribution < -0.4 is 67.5 Å². The number of nitrogens with two attached hydrogens (primary N) is 1. The number of fused-ring (bicyclic) bond motifs is 14. The Hall–Kier alpha value is -7.63. The average molecular weight is 965 g/mol. The molecule has 15 heteroatoms. The van der Waals surface area contributed by atoms with E-state index in [0.29, 0.717) is 5.69 Å². The van der Waals surface area contributed by atoms with Crippen molar-refractivity contribution in [2.75, 3.05) is 11.1 Å². The van der Waals surface area contributed by atoms with E-state index >= 15 is 0 Å². The predicted octanol–water partition coefficient (Wildman–Crippen LogP) is 10.3. The van der Waals surface area contributed by atoms with Gasteiger partial charge in [-0.05, 0) is 70.1 Å². The molecule has 0 aliphatic rings. The summed E-state index contributed by atoms with van der Waals surface area (Å²) in [5.74, 6) is -0.467. The van der Waals surface area contributed by atoms with Crippen LogP contribution in [0.3, 0.4) is 0 Å². The molecule has 0 saturated carbocycles. The van der Waals surface area contributed by atoms with Crippen molar-refractivity contribution in [3.05, 3.63) is 208 Å². The summed E-state index contributed by atoms with van der Waals surface area (Å²) in [4.78, 5) is 39.8. The van der Waals surface area contributed by atoms with E-state index in [-0.39, 0.29) is 62.8 Å². The van der Waals surface area contributed by atoms with E-state index in [9.17, 15) is 29.7 Å². The molecule has 3 N–H and O–H groups in total. The fourth-order valence-corrected chi connectivity index (χ4v) is 8.11. The number of benzene rings is 10. The molecule has 344 valence electrons. The number of aromatic nitrogens is 4. The molecule has 0 aliphatic heterocycles. The largest absolute Gasteiger partial charge is 1.00 e. The Balaban J connectivity index is 0.000000150. The Morgan fingerprint density at radius 1 is 0.451 bits per heavy atom. The van der Waals surface area contributed by atoms with Gasteiger partial charge in [-0.3, -0.25) is 20.2 Å². The predicted molar refractivity (Wildman–Crippen MR) is 278 cm³/mol. The van der Waals surface area contributed by atoms with Crippen molar-refractivity contribution in [2.24, 2.45) is 0 Å². The molecule has 0 spiro atoms. The van der Waals surface area contributed by atoms with E-state index < -0.39 is 21.3 Å². The summed E-state index contributed by atoms with van der Waals surface area (Å²) in [5.41, 5.74) is 14.2. The van der Waals surface area contributed by atoms with Gasteiger partial charge < -0.3 is 16.2 Å². The van der Waals surface area contributed by atoms with Crippen LogP contribution in [0.1, 0.15) is 20.8 Å². The first-order valence-electron chi connectivity index (χ1n) is 22.1. The molecule has 0 unspecified atom stereocenters. The number of rotatable bonds is 4. The number of nitrogens with one attached hydrogen (secondary N) is 1. The number of nitrogen functional groups attached to an aromatic ring is 1. The van der Waals surface area contributed by atoms with Gasteiger partial charge in [-0.25, -0.2) is 24.3 Å². The van der Waals surface area contributed by atoms with Crippen LogP contribution >= 0.6 is 0 Å². The molecular weight excluding hydrogens is 923 g/mol. The van der Waals surface area contributed by atoms with Gasteiger partial charge in [0.25, 0.3) is 11.4 Å². The molecule has 0 amide bonds. The quantitative estimate of drug-likeness (QED) is 0.0425. The van der Waals surface area contributed by atoms with Crippen LogP contribution in [0.5, 0.6) is 0 Å². The Labute approximate surface area is 447 Å². The molecule has 0 saturated heterocycles. The summed E-state index contributed by atoms with van der Waals surface area (Å²) in [7, 11) is 0. The minimum absolute atomic E-state index is 0. The number of non-ortho nitro benzene ring substituents is 2. The van der Waals surface area contributed by atoms with Crippen LogP contribution in [0.15, 0.2) is 182 Å². The zero-order valence-electron chi connectivity index (χ0n) is 39.0. The second-order valence-corrected chi connectivity index (χ2v) is 17.2. The maximum Gasteiger partial charge on any atom is 1.00 e. The molecule has 2 aromatic heterocycles. The second kappa shape index (κ2) is 21.2. The second-order valence-electron chi connectivity index (χ2n) is 17.2. The van der Waals surface area contributed by atoms with Crippen LogP contribution in [-0.4, -0.2) is 35.4 Å². The van der Waals surface area contributed by atoms with Crippen molar-refractivity contribution in [1.82, 2.24) is 19.9 Å². The van der Waals surface area contributed by atoms with Crippen LogP contribution in [0, 0.1) is 26.0 Å². The van der Waals surface area contributed by atoms with Gasteiger partial charge in [0.1, 0.15) is 16.9 Å². The Bertz CT molecular complexity index is 3960. The van der Waals surface area contributed by atoms with Crippen molar-refractivity contribution in [2.45, 2.75) is 26.4 Å². The number of hydrogen-bond donors (Lipinski definition) is 2. The first kappa shape index (κ1) is 49.8. The zero-order chi connectivity index (χ0) is 49.1. The fraction of sp³-hybridized carbons (Fsp3) is 0.0714. The van der Waals surface area contributed by atoms with Gasteiger partial charge in [-0.1, -0.05) is 130 Å². The Kier molecular flexibility index (Phi) is 14.8. The molecular formula is C56H42FKN8O5. The van der Waals surface area contributed by atoms with Gasteiger partial charge in [0, 0.05) is 51.5 Å². The summed E-state index contributed by atoms with van der Waals surface area (Å²) in [6, 6.07) is 55.5. The maximum absolute atomic E-state index is 12.1. The van der Waals surface area contributed by atoms with Gasteiger partial charge in [0.05, 0.1) is 54.3 Å². The molecule has 71 heavy (non-hydrogen) atoms. The van der Waals surface area contributed by atoms with Crippen molar-refractivity contribution < 1.29 is 70.7 Å². The summed E-state index contributed by atoms with van der Waals surface area (Å²) in [6.07, 6.45) is 0. The van der Waals surface area contributed by atoms with Crippen LogP contribution in [0.25, 0.3) is 87.2 Å². The molecule has 0 bridgehead atoms. The number of nitro groups is 2. The van der Waals surface area contributed by atoms with Crippen LogP contribution in [-0.2, 0) is 0 Å². The summed E-state index contributed by atoms with van der Waals surface area (Å²) in [6.45, 7) is 4.90. The monoisotopic (exact) mass is 964 g/mol. The normalized spacial score (nSPS) is 11.1. The molecule has 2 heterocycles. The van der Waals surface area contributed by atoms with Crippen molar-refractivity contribution in [1.29, 1.82) is 0 Å². The van der Waals surface area contributed by atoms with E-state index in [1.165, 1.54) is 22.9 Å². The molecule has 13 nitrogen and oxygen atoms in total. The maximum atomic E-state index is 12.1. The number of anilines is 3. The van der Waals surface area contributed by atoms with Crippen molar-refractivity contribution >= 4 is 116 Å². The van der Waals surface area contributed by atoms with E-state index in [4.69, 9.17) is 25.7 Å². The van der Waals surface area contributed by atoms with Gasteiger partial charge in [-0.2, -0.15) is 0 Å². The molecule has 0 atom stereocenters. The third kappa shape index (κ3) is 10.9. The number of nitrogens with zero attached hydrogens (tertiary/aromatic N) is 6. The van der Waals surface area contributed by atoms with Gasteiger partial charge in [0.2, 0.25) is 0 Å². The van der Waals surface area contributed by atoms with E-state index in [1.54, 1.807) is 32.9 Å². The van der Waals surface area contributed by atoms with E-state index in [1.807, 2.05) is 72.8 Å². The third-order valence-corrected chi connectivity index (χ3v) is 11.1. The molecule has 12 aromatic rings. The Morgan fingerprint density at radius 3 is 1.20 bits per heavy atom. The molecule has 0 aliphatic carbocycles. The topological polar surface area (TPSA) is 199 Å². The first-order chi connectivity index (χ1) is 33.7. The van der Waals surface area contributed by atoms with E-state index in [0.717, 1.165) is 112 Å². The zero-order valence-corrected chi connectivity index (χ0v) is 42.1. The fourth-order valence-electron chi connectivity index (χ4n) is 8.11. The third-order valence-electron chi connectivity index (χ3n) is 11.1. The number of nitro benzene ring substituents is 2. The summed E-state index contributed by atoms with van der Waals surface area (Å²) in [5, 5.41) is 43.4. The Morgan fingerprint density at radius 2 is 0.789 bits per heavy atom. The standard InChI is InChI=1S/C26H16N4O2.C20H13N3.C6H4FNO2.C4H9O.K/c31-30(32)17-14-12-16(13-15-17)27-22-10-5-11-23-26(22)29-25-21-9-4-2-7-19(21)18-6-1-3-8-20(18)24(25)28-23;21-16-10-5-11-17-20(16)23-19-15-9-4-2-7-13(15)12-6-1-3-8-14(12)18(19)22-17;7-5-1-3-6(4-2-5)8(9)10;1-4(2,3)5;/h1-15,27H;1-11H,21H2;1-4H;1-3H3;/q;;;-1;+1. The molecule has 12 rings (SSSR count). The minimum Gasteiger partial charge on any atom is -0.850 e. The van der Waals surface area contributed by atoms with Crippen LogP contribution in [0.4, 0.5) is 32.8 Å². The van der Waals surface area contributed by atoms with Gasteiger partial charge in [0.15, 0.2) is 0 Å². The number of halogens is 1. The summed E-state index contributed by atoms with van der Waals surface area (Å²) < 4.78 is 12.1. The average Bonchev–Trinajstić information content (AvgIpc) is 3.36. The smallest absolute Gasteiger partial charge is 0.850 e. The SMILES string of the molecule is CC(C)(C)[O-].Nc1cccc2nc3c4ccccc4c4ccccc4c3nc12.O=[N+]([O-])c1ccc(F)cc1.O=[N+]([O-])c1ccc(Nc2cccc3nc4c5ccccc5c5ccccc5c4nc23)cc1.[K+]. The minimum atomic E-state index is -0.750.